The second-order valence-electron chi connectivity index (χ2n) is 8.90. The van der Waals surface area contributed by atoms with E-state index >= 15 is 0 Å². The number of carbonyl (C=O) groups is 3. The van der Waals surface area contributed by atoms with Gasteiger partial charge in [0, 0.05) is 31.7 Å². The molecule has 2 aromatic rings. The van der Waals surface area contributed by atoms with Crippen LogP contribution in [0.5, 0.6) is 0 Å². The number of halogens is 1. The van der Waals surface area contributed by atoms with Gasteiger partial charge in [0.1, 0.15) is 17.9 Å². The normalized spacial score (nSPS) is 16.1. The summed E-state index contributed by atoms with van der Waals surface area (Å²) in [6, 6.07) is 11.6. The molecule has 1 N–H and O–H groups in total. The van der Waals surface area contributed by atoms with Gasteiger partial charge in [0.25, 0.3) is 5.91 Å². The van der Waals surface area contributed by atoms with Gasteiger partial charge in [-0.3, -0.25) is 14.5 Å². The van der Waals surface area contributed by atoms with Gasteiger partial charge in [-0.15, -0.1) is 0 Å². The molecule has 2 aromatic carbocycles. The van der Waals surface area contributed by atoms with Crippen LogP contribution >= 0.6 is 0 Å². The summed E-state index contributed by atoms with van der Waals surface area (Å²) >= 11 is 0. The number of carbonyl (C=O) groups excluding carboxylic acids is 3. The zero-order chi connectivity index (χ0) is 24.8. The molecular weight excluding hydrogens is 437 g/mol. The predicted molar refractivity (Wildman–Crippen MR) is 127 cm³/mol. The number of hydrogen-bond donors (Lipinski definition) is 1. The van der Waals surface area contributed by atoms with Crippen LogP contribution in [0.1, 0.15) is 41.4 Å². The lowest BCUT2D eigenvalue weighted by Gasteiger charge is -2.39. The van der Waals surface area contributed by atoms with E-state index in [0.29, 0.717) is 37.3 Å². The maximum Gasteiger partial charge on any atom is 0.327 e. The zero-order valence-corrected chi connectivity index (χ0v) is 20.1. The van der Waals surface area contributed by atoms with Gasteiger partial charge in [0.2, 0.25) is 5.91 Å². The van der Waals surface area contributed by atoms with Crippen LogP contribution in [0, 0.1) is 18.7 Å². The smallest absolute Gasteiger partial charge is 0.327 e. The Morgan fingerprint density at radius 3 is 2.06 bits per heavy atom. The molecule has 2 amide bonds. The maximum atomic E-state index is 13.4. The summed E-state index contributed by atoms with van der Waals surface area (Å²) in [5.41, 5.74) is 2.20. The number of aryl methyl sites for hydroxylation is 1. The van der Waals surface area contributed by atoms with Gasteiger partial charge in [-0.2, -0.15) is 0 Å². The number of amides is 2. The minimum Gasteiger partial charge on any atom is -0.468 e. The van der Waals surface area contributed by atoms with Crippen molar-refractivity contribution >= 4 is 17.8 Å². The highest BCUT2D eigenvalue weighted by Crippen LogP contribution is 2.24. The highest BCUT2D eigenvalue weighted by Gasteiger charge is 2.35. The Kier molecular flexibility index (Phi) is 8.39. The zero-order valence-electron chi connectivity index (χ0n) is 20.1. The number of nitrogens with one attached hydrogen (secondary N) is 1. The minimum absolute atomic E-state index is 0.0954. The highest BCUT2D eigenvalue weighted by molar-refractivity contribution is 5.97. The van der Waals surface area contributed by atoms with Gasteiger partial charge < -0.3 is 15.0 Å². The fourth-order valence-electron chi connectivity index (χ4n) is 4.09. The van der Waals surface area contributed by atoms with Gasteiger partial charge in [-0.1, -0.05) is 43.7 Å². The topological polar surface area (TPSA) is 79.0 Å². The van der Waals surface area contributed by atoms with Crippen LogP contribution in [0.2, 0.25) is 0 Å². The summed E-state index contributed by atoms with van der Waals surface area (Å²) in [7, 11) is 1.32. The average Bonchev–Trinajstić information content (AvgIpc) is 2.83. The number of methoxy groups -OCH3 is 1. The van der Waals surface area contributed by atoms with E-state index in [9.17, 15) is 18.8 Å². The molecule has 0 saturated carbocycles. The van der Waals surface area contributed by atoms with Crippen molar-refractivity contribution in [3.8, 4) is 0 Å². The van der Waals surface area contributed by atoms with Crippen molar-refractivity contribution in [2.24, 2.45) is 5.92 Å². The van der Waals surface area contributed by atoms with Gasteiger partial charge in [0.05, 0.1) is 7.11 Å². The SMILES string of the molecule is COC(=O)C(c1ccc(F)cc1)N1CCN(C(=O)[C@@H](NC(=O)c2ccc(C)cc2)C(C)C)CC1. The van der Waals surface area contributed by atoms with Gasteiger partial charge in [-0.05, 0) is 42.7 Å². The van der Waals surface area contributed by atoms with Crippen molar-refractivity contribution in [3.05, 3.63) is 71.0 Å². The molecule has 0 aliphatic carbocycles. The number of piperazine rings is 1. The van der Waals surface area contributed by atoms with E-state index < -0.39 is 18.1 Å². The van der Waals surface area contributed by atoms with Crippen molar-refractivity contribution in [1.82, 2.24) is 15.1 Å². The monoisotopic (exact) mass is 469 g/mol. The highest BCUT2D eigenvalue weighted by atomic mass is 19.1. The minimum atomic E-state index is -0.676. The Balaban J connectivity index is 1.67. The van der Waals surface area contributed by atoms with Crippen molar-refractivity contribution in [2.75, 3.05) is 33.3 Å². The number of rotatable bonds is 7. The molecule has 3 rings (SSSR count). The largest absolute Gasteiger partial charge is 0.468 e. The van der Waals surface area contributed by atoms with Crippen molar-refractivity contribution < 1.29 is 23.5 Å². The Labute approximate surface area is 199 Å². The first-order valence-electron chi connectivity index (χ1n) is 11.4. The molecule has 1 fully saturated rings. The number of hydrogen-bond acceptors (Lipinski definition) is 5. The molecule has 34 heavy (non-hydrogen) atoms. The fourth-order valence-corrected chi connectivity index (χ4v) is 4.09. The van der Waals surface area contributed by atoms with E-state index in [1.54, 1.807) is 29.2 Å². The molecule has 0 spiro atoms. The van der Waals surface area contributed by atoms with E-state index in [-0.39, 0.29) is 23.5 Å². The number of nitrogens with zero attached hydrogens (tertiary/aromatic N) is 2. The van der Waals surface area contributed by atoms with E-state index in [1.807, 2.05) is 37.8 Å². The lowest BCUT2D eigenvalue weighted by Crippen LogP contribution is -2.57. The Morgan fingerprint density at radius 2 is 1.53 bits per heavy atom. The first-order valence-corrected chi connectivity index (χ1v) is 11.4. The Morgan fingerprint density at radius 1 is 0.941 bits per heavy atom. The standard InChI is InChI=1S/C26H32FN3O4/c1-17(2)22(28-24(31)20-7-5-18(3)6-8-20)25(32)30-15-13-29(14-16-30)23(26(33)34-4)19-9-11-21(27)12-10-19/h5-12,17,22-23H,13-16H2,1-4H3,(H,28,31)/t22-,23?/m0/s1. The molecule has 0 aromatic heterocycles. The van der Waals surface area contributed by atoms with Crippen LogP contribution in [0.3, 0.4) is 0 Å². The molecule has 7 nitrogen and oxygen atoms in total. The molecule has 1 saturated heterocycles. The molecule has 1 unspecified atom stereocenters. The van der Waals surface area contributed by atoms with Crippen molar-refractivity contribution in [1.29, 1.82) is 0 Å². The molecular formula is C26H32FN3O4. The van der Waals surface area contributed by atoms with Crippen molar-refractivity contribution in [3.63, 3.8) is 0 Å². The maximum absolute atomic E-state index is 13.4. The molecule has 1 aliphatic heterocycles. The van der Waals surface area contributed by atoms with E-state index in [4.69, 9.17) is 4.74 Å². The first kappa shape index (κ1) is 25.4. The number of ether oxygens (including phenoxy) is 1. The summed E-state index contributed by atoms with van der Waals surface area (Å²) < 4.78 is 18.4. The molecule has 2 atom stereocenters. The number of benzene rings is 2. The number of esters is 1. The third-order valence-electron chi connectivity index (χ3n) is 6.13. The third kappa shape index (κ3) is 5.99. The second kappa shape index (κ2) is 11.2. The third-order valence-corrected chi connectivity index (χ3v) is 6.13. The summed E-state index contributed by atoms with van der Waals surface area (Å²) in [4.78, 5) is 42.2. The summed E-state index contributed by atoms with van der Waals surface area (Å²) in [6.07, 6.45) is 0. The van der Waals surface area contributed by atoms with Gasteiger partial charge in [0.15, 0.2) is 0 Å². The summed E-state index contributed by atoms with van der Waals surface area (Å²) in [5.74, 6) is -1.34. The molecule has 0 radical (unpaired) electrons. The van der Waals surface area contributed by atoms with Crippen LogP contribution in [-0.4, -0.2) is 66.9 Å². The lowest BCUT2D eigenvalue weighted by atomic mass is 10.0. The quantitative estimate of drug-likeness (QED) is 0.631. The predicted octanol–water partition coefficient (Wildman–Crippen LogP) is 2.95. The van der Waals surface area contributed by atoms with Crippen molar-refractivity contribution in [2.45, 2.75) is 32.9 Å². The summed E-state index contributed by atoms with van der Waals surface area (Å²) in [5, 5.41) is 2.89. The molecule has 182 valence electrons. The van der Waals surface area contributed by atoms with Gasteiger partial charge in [-0.25, -0.2) is 9.18 Å². The van der Waals surface area contributed by atoms with Crippen LogP contribution in [0.15, 0.2) is 48.5 Å². The Bertz CT molecular complexity index is 1000. The molecule has 1 aliphatic rings. The van der Waals surface area contributed by atoms with Crippen LogP contribution in [-0.2, 0) is 14.3 Å². The van der Waals surface area contributed by atoms with Crippen LogP contribution in [0.4, 0.5) is 4.39 Å². The second-order valence-corrected chi connectivity index (χ2v) is 8.90. The van der Waals surface area contributed by atoms with Gasteiger partial charge >= 0.3 is 5.97 Å². The summed E-state index contributed by atoms with van der Waals surface area (Å²) in [6.45, 7) is 7.43. The molecule has 1 heterocycles. The molecule has 0 bridgehead atoms. The average molecular weight is 470 g/mol. The van der Waals surface area contributed by atoms with E-state index in [0.717, 1.165) is 5.56 Å². The Hall–Kier alpha value is -3.26. The molecule has 8 heteroatoms. The fraction of sp³-hybridized carbons (Fsp3) is 0.423. The van der Waals surface area contributed by atoms with Crippen LogP contribution < -0.4 is 5.32 Å². The van der Waals surface area contributed by atoms with E-state index in [2.05, 4.69) is 5.32 Å². The van der Waals surface area contributed by atoms with E-state index in [1.165, 1.54) is 19.2 Å². The van der Waals surface area contributed by atoms with Crippen LogP contribution in [0.25, 0.3) is 0 Å². The first-order chi connectivity index (χ1) is 16.2. The lowest BCUT2D eigenvalue weighted by molar-refractivity contribution is -0.149.